The molecule has 0 spiro atoms. The van der Waals surface area contributed by atoms with E-state index in [0.717, 1.165) is 11.3 Å². The molecule has 3 aromatic rings. The van der Waals surface area contributed by atoms with Crippen LogP contribution in [0.1, 0.15) is 18.9 Å². The zero-order valence-electron chi connectivity index (χ0n) is 12.4. The van der Waals surface area contributed by atoms with Gasteiger partial charge in [-0.05, 0) is 31.2 Å². The second kappa shape index (κ2) is 6.30. The second-order valence-corrected chi connectivity index (χ2v) is 4.76. The smallest absolute Gasteiger partial charge is 0.267 e. The van der Waals surface area contributed by atoms with Crippen molar-refractivity contribution in [2.24, 2.45) is 0 Å². The summed E-state index contributed by atoms with van der Waals surface area (Å²) in [6, 6.07) is 17.0. The summed E-state index contributed by atoms with van der Waals surface area (Å²) in [5.74, 6) is 2.49. The molecule has 0 bridgehead atoms. The van der Waals surface area contributed by atoms with E-state index in [-0.39, 0.29) is 6.10 Å². The quantitative estimate of drug-likeness (QED) is 0.715. The van der Waals surface area contributed by atoms with Crippen LogP contribution in [0.5, 0.6) is 11.5 Å². The predicted octanol–water partition coefficient (Wildman–Crippen LogP) is 3.89. The van der Waals surface area contributed by atoms with Crippen LogP contribution in [-0.4, -0.2) is 17.3 Å². The third-order valence-corrected chi connectivity index (χ3v) is 3.19. The van der Waals surface area contributed by atoms with Crippen LogP contribution in [0.4, 0.5) is 0 Å². The topological polar surface area (TPSA) is 57.4 Å². The summed E-state index contributed by atoms with van der Waals surface area (Å²) in [5, 5.41) is 3.99. The van der Waals surface area contributed by atoms with Crippen LogP contribution < -0.4 is 9.47 Å². The maximum Gasteiger partial charge on any atom is 0.267 e. The third kappa shape index (κ3) is 3.09. The molecule has 0 saturated heterocycles. The van der Waals surface area contributed by atoms with Gasteiger partial charge in [-0.15, -0.1) is 0 Å². The Balaban J connectivity index is 1.72. The van der Waals surface area contributed by atoms with Crippen molar-refractivity contribution < 1.29 is 14.0 Å². The number of hydrogen-bond donors (Lipinski definition) is 0. The van der Waals surface area contributed by atoms with E-state index in [1.807, 2.05) is 61.5 Å². The highest BCUT2D eigenvalue weighted by atomic mass is 16.5. The Morgan fingerprint density at radius 3 is 2.32 bits per heavy atom. The first-order valence-corrected chi connectivity index (χ1v) is 6.96. The summed E-state index contributed by atoms with van der Waals surface area (Å²) in [6.07, 6.45) is -0.335. The summed E-state index contributed by atoms with van der Waals surface area (Å²) >= 11 is 0. The molecule has 1 atom stereocenters. The van der Waals surface area contributed by atoms with Crippen LogP contribution in [0.25, 0.3) is 11.4 Å². The van der Waals surface area contributed by atoms with Gasteiger partial charge in [0.25, 0.3) is 5.89 Å². The summed E-state index contributed by atoms with van der Waals surface area (Å²) < 4.78 is 16.2. The average molecular weight is 296 g/mol. The summed E-state index contributed by atoms with van der Waals surface area (Å²) in [4.78, 5) is 4.38. The number of hydrogen-bond acceptors (Lipinski definition) is 5. The van der Waals surface area contributed by atoms with Crippen molar-refractivity contribution >= 4 is 0 Å². The molecule has 0 fully saturated rings. The molecule has 5 heteroatoms. The van der Waals surface area contributed by atoms with Gasteiger partial charge in [0.2, 0.25) is 5.82 Å². The zero-order chi connectivity index (χ0) is 15.4. The fraction of sp³-hybridized carbons (Fsp3) is 0.176. The lowest BCUT2D eigenvalue weighted by molar-refractivity contribution is 0.175. The molecular weight excluding hydrogens is 280 g/mol. The van der Waals surface area contributed by atoms with Crippen molar-refractivity contribution in [1.82, 2.24) is 10.1 Å². The van der Waals surface area contributed by atoms with Crippen molar-refractivity contribution in [2.45, 2.75) is 13.0 Å². The van der Waals surface area contributed by atoms with Crippen molar-refractivity contribution in [2.75, 3.05) is 7.11 Å². The van der Waals surface area contributed by atoms with E-state index in [1.54, 1.807) is 7.11 Å². The molecule has 2 aromatic carbocycles. The van der Waals surface area contributed by atoms with E-state index in [4.69, 9.17) is 14.0 Å². The first-order valence-electron chi connectivity index (χ1n) is 6.96. The van der Waals surface area contributed by atoms with E-state index in [9.17, 15) is 0 Å². The maximum atomic E-state index is 5.80. The Morgan fingerprint density at radius 2 is 1.64 bits per heavy atom. The molecule has 0 N–H and O–H groups in total. The van der Waals surface area contributed by atoms with Gasteiger partial charge in [0.05, 0.1) is 7.11 Å². The first-order chi connectivity index (χ1) is 10.8. The number of nitrogens with zero attached hydrogens (tertiary/aromatic N) is 2. The van der Waals surface area contributed by atoms with Gasteiger partial charge >= 0.3 is 0 Å². The van der Waals surface area contributed by atoms with Crippen LogP contribution in [-0.2, 0) is 0 Å². The summed E-state index contributed by atoms with van der Waals surface area (Å²) in [7, 11) is 1.63. The molecule has 0 amide bonds. The van der Waals surface area contributed by atoms with Crippen molar-refractivity contribution in [3.05, 3.63) is 60.5 Å². The van der Waals surface area contributed by atoms with E-state index in [1.165, 1.54) is 0 Å². The number of benzene rings is 2. The molecule has 0 aliphatic rings. The van der Waals surface area contributed by atoms with Gasteiger partial charge in [-0.1, -0.05) is 35.5 Å². The van der Waals surface area contributed by atoms with Crippen LogP contribution in [0.3, 0.4) is 0 Å². The molecule has 3 rings (SSSR count). The lowest BCUT2D eigenvalue weighted by Gasteiger charge is -2.10. The molecule has 0 aliphatic carbocycles. The fourth-order valence-corrected chi connectivity index (χ4v) is 2.01. The lowest BCUT2D eigenvalue weighted by Crippen LogP contribution is -2.03. The van der Waals surface area contributed by atoms with E-state index >= 15 is 0 Å². The highest BCUT2D eigenvalue weighted by molar-refractivity contribution is 5.53. The predicted molar refractivity (Wildman–Crippen MR) is 81.8 cm³/mol. The van der Waals surface area contributed by atoms with Crippen LogP contribution in [0.15, 0.2) is 59.1 Å². The number of methoxy groups -OCH3 is 1. The highest BCUT2D eigenvalue weighted by Crippen LogP contribution is 2.24. The highest BCUT2D eigenvalue weighted by Gasteiger charge is 2.16. The van der Waals surface area contributed by atoms with Gasteiger partial charge in [-0.3, -0.25) is 0 Å². The number of rotatable bonds is 5. The largest absolute Gasteiger partial charge is 0.497 e. The van der Waals surface area contributed by atoms with Crippen molar-refractivity contribution in [3.8, 4) is 22.9 Å². The minimum absolute atomic E-state index is 0.335. The van der Waals surface area contributed by atoms with E-state index < -0.39 is 0 Å². The standard InChI is InChI=1S/C17H16N2O3/c1-12(21-15-10-8-14(20-2)9-11-15)17-18-16(19-22-17)13-6-4-3-5-7-13/h3-12H,1-2H3. The van der Waals surface area contributed by atoms with Gasteiger partial charge in [0, 0.05) is 5.56 Å². The Labute approximate surface area is 128 Å². The van der Waals surface area contributed by atoms with Crippen molar-refractivity contribution in [1.29, 1.82) is 0 Å². The molecule has 22 heavy (non-hydrogen) atoms. The minimum Gasteiger partial charge on any atom is -0.497 e. The summed E-state index contributed by atoms with van der Waals surface area (Å²) in [6.45, 7) is 1.87. The Kier molecular flexibility index (Phi) is 4.05. The van der Waals surface area contributed by atoms with Gasteiger partial charge in [-0.25, -0.2) is 0 Å². The Bertz CT molecular complexity index is 723. The van der Waals surface area contributed by atoms with Crippen LogP contribution in [0.2, 0.25) is 0 Å². The molecule has 1 aromatic heterocycles. The van der Waals surface area contributed by atoms with Gasteiger partial charge in [0.15, 0.2) is 6.10 Å². The summed E-state index contributed by atoms with van der Waals surface area (Å²) in [5.41, 5.74) is 0.911. The number of ether oxygens (including phenoxy) is 2. The molecule has 0 aliphatic heterocycles. The fourth-order valence-electron chi connectivity index (χ4n) is 2.01. The second-order valence-electron chi connectivity index (χ2n) is 4.76. The van der Waals surface area contributed by atoms with E-state index in [2.05, 4.69) is 10.1 Å². The molecule has 5 nitrogen and oxygen atoms in total. The minimum atomic E-state index is -0.335. The maximum absolute atomic E-state index is 5.80. The molecule has 1 unspecified atom stereocenters. The Morgan fingerprint density at radius 1 is 0.955 bits per heavy atom. The average Bonchev–Trinajstić information content (AvgIpc) is 3.06. The molecular formula is C17H16N2O3. The number of aromatic nitrogens is 2. The van der Waals surface area contributed by atoms with Crippen molar-refractivity contribution in [3.63, 3.8) is 0 Å². The first kappa shape index (κ1) is 14.1. The van der Waals surface area contributed by atoms with Crippen LogP contribution in [0, 0.1) is 0 Å². The van der Waals surface area contributed by atoms with Gasteiger partial charge < -0.3 is 14.0 Å². The monoisotopic (exact) mass is 296 g/mol. The molecule has 0 radical (unpaired) electrons. The van der Waals surface area contributed by atoms with Gasteiger partial charge in [-0.2, -0.15) is 4.98 Å². The van der Waals surface area contributed by atoms with E-state index in [0.29, 0.717) is 17.5 Å². The Hall–Kier alpha value is -2.82. The lowest BCUT2D eigenvalue weighted by atomic mass is 10.2. The SMILES string of the molecule is COc1ccc(OC(C)c2nc(-c3ccccc3)no2)cc1. The normalized spacial score (nSPS) is 11.9. The van der Waals surface area contributed by atoms with Crippen LogP contribution >= 0.6 is 0 Å². The third-order valence-electron chi connectivity index (χ3n) is 3.19. The molecule has 112 valence electrons. The molecule has 1 heterocycles. The van der Waals surface area contributed by atoms with Gasteiger partial charge in [0.1, 0.15) is 11.5 Å². The molecule has 0 saturated carbocycles. The zero-order valence-corrected chi connectivity index (χ0v) is 12.4.